The maximum atomic E-state index is 12.5. The van der Waals surface area contributed by atoms with E-state index < -0.39 is 0 Å². The monoisotopic (exact) mass is 326 g/mol. The number of aromatic nitrogens is 2. The Labute approximate surface area is 142 Å². The highest BCUT2D eigenvalue weighted by atomic mass is 16.5. The van der Waals surface area contributed by atoms with E-state index in [1.54, 1.807) is 18.1 Å². The third-order valence-electron chi connectivity index (χ3n) is 4.33. The molecule has 1 aromatic heterocycles. The molecule has 0 aliphatic carbocycles. The van der Waals surface area contributed by atoms with Crippen molar-refractivity contribution in [2.75, 3.05) is 33.8 Å². The lowest BCUT2D eigenvalue weighted by Gasteiger charge is -2.40. The number of hydrogen-bond donors (Lipinski definition) is 0. The van der Waals surface area contributed by atoms with Crippen molar-refractivity contribution >= 4 is 5.91 Å². The van der Waals surface area contributed by atoms with Gasteiger partial charge in [-0.05, 0) is 12.6 Å². The van der Waals surface area contributed by atoms with Crippen LogP contribution in [-0.2, 0) is 4.74 Å². The highest BCUT2D eigenvalue weighted by Crippen LogP contribution is 2.28. The lowest BCUT2D eigenvalue weighted by molar-refractivity contribution is -0.0708. The van der Waals surface area contributed by atoms with Crippen LogP contribution in [0, 0.1) is 0 Å². The predicted octanol–water partition coefficient (Wildman–Crippen LogP) is 1.62. The van der Waals surface area contributed by atoms with Crippen molar-refractivity contribution in [3.8, 4) is 0 Å². The Balaban J connectivity index is 1.75. The van der Waals surface area contributed by atoms with Crippen molar-refractivity contribution in [3.05, 3.63) is 60.2 Å². The van der Waals surface area contributed by atoms with Gasteiger partial charge in [-0.15, -0.1) is 0 Å². The zero-order valence-electron chi connectivity index (χ0n) is 14.0. The van der Waals surface area contributed by atoms with E-state index in [0.717, 1.165) is 6.54 Å². The van der Waals surface area contributed by atoms with E-state index in [0.29, 0.717) is 18.8 Å². The van der Waals surface area contributed by atoms with E-state index in [1.165, 1.54) is 18.0 Å². The summed E-state index contributed by atoms with van der Waals surface area (Å²) in [5.74, 6) is -0.147. The summed E-state index contributed by atoms with van der Waals surface area (Å²) in [6, 6.07) is 10.4. The Bertz CT molecular complexity index is 665. The largest absolute Gasteiger partial charge is 0.373 e. The molecule has 1 saturated heterocycles. The lowest BCUT2D eigenvalue weighted by atomic mass is 9.98. The minimum Gasteiger partial charge on any atom is -0.373 e. The van der Waals surface area contributed by atoms with Crippen molar-refractivity contribution in [3.63, 3.8) is 0 Å². The van der Waals surface area contributed by atoms with Gasteiger partial charge in [0.25, 0.3) is 5.91 Å². The van der Waals surface area contributed by atoms with Gasteiger partial charge in [-0.2, -0.15) is 0 Å². The third kappa shape index (κ3) is 3.60. The second-order valence-corrected chi connectivity index (χ2v) is 6.02. The van der Waals surface area contributed by atoms with E-state index in [1.807, 2.05) is 18.2 Å². The second kappa shape index (κ2) is 7.51. The zero-order chi connectivity index (χ0) is 16.9. The fourth-order valence-corrected chi connectivity index (χ4v) is 3.09. The van der Waals surface area contributed by atoms with Crippen LogP contribution in [0.2, 0.25) is 0 Å². The quantitative estimate of drug-likeness (QED) is 0.854. The van der Waals surface area contributed by atoms with Crippen molar-refractivity contribution in [1.29, 1.82) is 0 Å². The number of ether oxygens (including phenoxy) is 1. The number of likely N-dealkylation sites (N-methyl/N-ethyl adjacent to an activating group) is 2. The first-order chi connectivity index (χ1) is 11.7. The summed E-state index contributed by atoms with van der Waals surface area (Å²) < 4.78 is 6.00. The molecule has 1 aliphatic heterocycles. The molecule has 2 heterocycles. The first-order valence-electron chi connectivity index (χ1n) is 8.05. The van der Waals surface area contributed by atoms with Gasteiger partial charge < -0.3 is 9.64 Å². The van der Waals surface area contributed by atoms with Crippen molar-refractivity contribution in [2.24, 2.45) is 0 Å². The van der Waals surface area contributed by atoms with Gasteiger partial charge in [-0.3, -0.25) is 14.7 Å². The van der Waals surface area contributed by atoms with Crippen LogP contribution in [0.4, 0.5) is 0 Å². The predicted molar refractivity (Wildman–Crippen MR) is 90.5 cm³/mol. The summed E-state index contributed by atoms with van der Waals surface area (Å²) >= 11 is 0. The Hall–Kier alpha value is -2.31. The van der Waals surface area contributed by atoms with Crippen molar-refractivity contribution in [2.45, 2.75) is 12.1 Å². The standard InChI is InChI=1S/C18H22N4O2/c1-21-10-11-24-16(17(21)14-6-4-3-5-7-14)13-22(2)18(23)15-12-19-8-9-20-15/h3-9,12,16-17H,10-11,13H2,1-2H3/t16-,17+/m0/s1. The molecule has 0 radical (unpaired) electrons. The third-order valence-corrected chi connectivity index (χ3v) is 4.33. The smallest absolute Gasteiger partial charge is 0.273 e. The number of morpholine rings is 1. The zero-order valence-corrected chi connectivity index (χ0v) is 14.0. The van der Waals surface area contributed by atoms with E-state index in [9.17, 15) is 4.79 Å². The highest BCUT2D eigenvalue weighted by Gasteiger charge is 2.33. The maximum absolute atomic E-state index is 12.5. The van der Waals surface area contributed by atoms with E-state index >= 15 is 0 Å². The fraction of sp³-hybridized carbons (Fsp3) is 0.389. The molecule has 1 amide bonds. The van der Waals surface area contributed by atoms with Crippen LogP contribution in [0.1, 0.15) is 22.1 Å². The van der Waals surface area contributed by atoms with Crippen molar-refractivity contribution < 1.29 is 9.53 Å². The summed E-state index contributed by atoms with van der Waals surface area (Å²) in [6.45, 7) is 2.04. The fourth-order valence-electron chi connectivity index (χ4n) is 3.09. The number of nitrogens with zero attached hydrogens (tertiary/aromatic N) is 4. The SMILES string of the molecule is CN(C[C@@H]1OCCN(C)[C@@H]1c1ccccc1)C(=O)c1cnccn1. The van der Waals surface area contributed by atoms with E-state index in [4.69, 9.17) is 4.74 Å². The number of rotatable bonds is 4. The minimum absolute atomic E-state index is 0.0863. The van der Waals surface area contributed by atoms with Crippen LogP contribution in [0.25, 0.3) is 0 Å². The molecule has 0 unspecified atom stereocenters. The number of benzene rings is 1. The van der Waals surface area contributed by atoms with Crippen LogP contribution in [0.15, 0.2) is 48.9 Å². The molecular weight excluding hydrogens is 304 g/mol. The minimum atomic E-state index is -0.147. The molecule has 0 N–H and O–H groups in total. The molecule has 0 saturated carbocycles. The number of carbonyl (C=O) groups is 1. The summed E-state index contributed by atoms with van der Waals surface area (Å²) in [4.78, 5) is 24.5. The van der Waals surface area contributed by atoms with Crippen LogP contribution >= 0.6 is 0 Å². The molecule has 2 aromatic rings. The molecule has 2 atom stereocenters. The summed E-state index contributed by atoms with van der Waals surface area (Å²) in [5, 5.41) is 0. The van der Waals surface area contributed by atoms with Gasteiger partial charge in [0.15, 0.2) is 0 Å². The molecule has 24 heavy (non-hydrogen) atoms. The molecule has 126 valence electrons. The molecule has 6 heteroatoms. The van der Waals surface area contributed by atoms with Crippen LogP contribution < -0.4 is 0 Å². The first-order valence-corrected chi connectivity index (χ1v) is 8.05. The number of hydrogen-bond acceptors (Lipinski definition) is 5. The van der Waals surface area contributed by atoms with Gasteiger partial charge in [0.1, 0.15) is 5.69 Å². The molecule has 1 aliphatic rings. The van der Waals surface area contributed by atoms with Crippen LogP contribution in [0.5, 0.6) is 0 Å². The van der Waals surface area contributed by atoms with E-state index in [-0.39, 0.29) is 18.1 Å². The normalized spacial score (nSPS) is 21.4. The molecule has 0 bridgehead atoms. The van der Waals surface area contributed by atoms with Gasteiger partial charge in [0, 0.05) is 32.5 Å². The van der Waals surface area contributed by atoms with E-state index in [2.05, 4.69) is 34.0 Å². The highest BCUT2D eigenvalue weighted by molar-refractivity contribution is 5.91. The molecule has 3 rings (SSSR count). The lowest BCUT2D eigenvalue weighted by Crippen LogP contribution is -2.48. The van der Waals surface area contributed by atoms with Gasteiger partial charge in [0.05, 0.1) is 24.9 Å². The number of amides is 1. The van der Waals surface area contributed by atoms with Gasteiger partial charge in [-0.25, -0.2) is 4.98 Å². The molecule has 1 aromatic carbocycles. The van der Waals surface area contributed by atoms with Crippen LogP contribution in [-0.4, -0.2) is 65.6 Å². The average molecular weight is 326 g/mol. The van der Waals surface area contributed by atoms with Gasteiger partial charge >= 0.3 is 0 Å². The second-order valence-electron chi connectivity index (χ2n) is 6.02. The first kappa shape index (κ1) is 16.5. The van der Waals surface area contributed by atoms with Crippen molar-refractivity contribution in [1.82, 2.24) is 19.8 Å². The summed E-state index contributed by atoms with van der Waals surface area (Å²) in [7, 11) is 3.87. The Morgan fingerprint density at radius 1 is 1.33 bits per heavy atom. The van der Waals surface area contributed by atoms with Gasteiger partial charge in [-0.1, -0.05) is 30.3 Å². The molecule has 1 fully saturated rings. The summed E-state index contributed by atoms with van der Waals surface area (Å²) in [6.07, 6.45) is 4.48. The molecular formula is C18H22N4O2. The Morgan fingerprint density at radius 2 is 2.12 bits per heavy atom. The summed E-state index contributed by atoms with van der Waals surface area (Å²) in [5.41, 5.74) is 1.55. The van der Waals surface area contributed by atoms with Crippen LogP contribution in [0.3, 0.4) is 0 Å². The number of carbonyl (C=O) groups excluding carboxylic acids is 1. The topological polar surface area (TPSA) is 58.6 Å². The Kier molecular flexibility index (Phi) is 5.17. The maximum Gasteiger partial charge on any atom is 0.273 e. The average Bonchev–Trinajstić information content (AvgIpc) is 2.62. The Morgan fingerprint density at radius 3 is 2.83 bits per heavy atom. The molecule has 6 nitrogen and oxygen atoms in total. The molecule has 0 spiro atoms. The van der Waals surface area contributed by atoms with Gasteiger partial charge in [0.2, 0.25) is 0 Å².